The summed E-state index contributed by atoms with van der Waals surface area (Å²) in [5, 5.41) is 2.82. The Morgan fingerprint density at radius 2 is 2.08 bits per heavy atom. The standard InChI is InChI=1S/C18H24N6O2/c1-4-5-16(25)24-7-6-23-11-15(22-17(23)13(24)3)18(26)21-10-14-9-19-12(2)8-20-14/h8-9,11,13H,4-7,10H2,1-3H3,(H,21,26)/t13-/m1/s1. The molecule has 1 aliphatic heterocycles. The van der Waals surface area contributed by atoms with Gasteiger partial charge in [-0.15, -0.1) is 0 Å². The molecule has 0 bridgehead atoms. The fraction of sp³-hybridized carbons (Fsp3) is 0.500. The summed E-state index contributed by atoms with van der Waals surface area (Å²) in [6, 6.07) is -0.132. The summed E-state index contributed by atoms with van der Waals surface area (Å²) in [4.78, 5) is 39.3. The molecule has 0 fully saturated rings. The molecule has 8 heteroatoms. The first-order valence-electron chi connectivity index (χ1n) is 8.91. The second kappa shape index (κ2) is 7.63. The van der Waals surface area contributed by atoms with Crippen molar-refractivity contribution in [3.05, 3.63) is 41.5 Å². The predicted molar refractivity (Wildman–Crippen MR) is 95.2 cm³/mol. The summed E-state index contributed by atoms with van der Waals surface area (Å²) in [6.07, 6.45) is 6.43. The molecule has 0 saturated heterocycles. The number of carbonyl (C=O) groups is 2. The fourth-order valence-electron chi connectivity index (χ4n) is 3.07. The number of imidazole rings is 1. The monoisotopic (exact) mass is 356 g/mol. The van der Waals surface area contributed by atoms with Gasteiger partial charge in [0.05, 0.1) is 30.2 Å². The van der Waals surface area contributed by atoms with Gasteiger partial charge in [0.2, 0.25) is 5.91 Å². The lowest BCUT2D eigenvalue weighted by Gasteiger charge is -2.33. The highest BCUT2D eigenvalue weighted by molar-refractivity contribution is 5.92. The Labute approximate surface area is 152 Å². The number of rotatable bonds is 5. The van der Waals surface area contributed by atoms with Crippen LogP contribution >= 0.6 is 0 Å². The highest BCUT2D eigenvalue weighted by atomic mass is 16.2. The van der Waals surface area contributed by atoms with Crippen LogP contribution in [-0.4, -0.2) is 42.8 Å². The Hall–Kier alpha value is -2.77. The van der Waals surface area contributed by atoms with E-state index in [1.165, 1.54) is 0 Å². The van der Waals surface area contributed by atoms with E-state index in [4.69, 9.17) is 0 Å². The third kappa shape index (κ3) is 3.74. The van der Waals surface area contributed by atoms with E-state index < -0.39 is 0 Å². The molecule has 3 rings (SSSR count). The van der Waals surface area contributed by atoms with Gasteiger partial charge in [0.25, 0.3) is 5.91 Å². The van der Waals surface area contributed by atoms with E-state index in [2.05, 4.69) is 20.3 Å². The summed E-state index contributed by atoms with van der Waals surface area (Å²) in [5.74, 6) is 0.632. The van der Waals surface area contributed by atoms with Crippen LogP contribution in [0.2, 0.25) is 0 Å². The topological polar surface area (TPSA) is 93.0 Å². The van der Waals surface area contributed by atoms with E-state index in [0.29, 0.717) is 37.4 Å². The van der Waals surface area contributed by atoms with E-state index in [1.807, 2.05) is 30.2 Å². The maximum absolute atomic E-state index is 12.4. The zero-order valence-electron chi connectivity index (χ0n) is 15.4. The molecule has 1 N–H and O–H groups in total. The van der Waals surface area contributed by atoms with Gasteiger partial charge < -0.3 is 14.8 Å². The maximum Gasteiger partial charge on any atom is 0.271 e. The number of amides is 2. The molecule has 3 heterocycles. The van der Waals surface area contributed by atoms with Gasteiger partial charge in [0.15, 0.2) is 0 Å². The van der Waals surface area contributed by atoms with Gasteiger partial charge in [0.1, 0.15) is 11.5 Å². The predicted octanol–water partition coefficient (Wildman–Crippen LogP) is 1.61. The second-order valence-corrected chi connectivity index (χ2v) is 6.52. The molecule has 0 saturated carbocycles. The molecule has 8 nitrogen and oxygen atoms in total. The average Bonchev–Trinajstić information content (AvgIpc) is 3.07. The Kier molecular flexibility index (Phi) is 5.29. The van der Waals surface area contributed by atoms with E-state index >= 15 is 0 Å². The minimum Gasteiger partial charge on any atom is -0.345 e. The zero-order valence-corrected chi connectivity index (χ0v) is 15.4. The van der Waals surface area contributed by atoms with Crippen LogP contribution in [0.5, 0.6) is 0 Å². The van der Waals surface area contributed by atoms with Crippen LogP contribution in [0.1, 0.15) is 60.4 Å². The molecule has 0 radical (unpaired) electrons. The van der Waals surface area contributed by atoms with Crippen molar-refractivity contribution in [2.45, 2.75) is 52.7 Å². The number of hydrogen-bond donors (Lipinski definition) is 1. The van der Waals surface area contributed by atoms with Crippen LogP contribution in [0, 0.1) is 6.92 Å². The van der Waals surface area contributed by atoms with Crippen molar-refractivity contribution in [3.63, 3.8) is 0 Å². The van der Waals surface area contributed by atoms with Crippen molar-refractivity contribution in [1.29, 1.82) is 0 Å². The molecule has 26 heavy (non-hydrogen) atoms. The van der Waals surface area contributed by atoms with Crippen LogP contribution in [0.25, 0.3) is 0 Å². The van der Waals surface area contributed by atoms with Gasteiger partial charge in [-0.1, -0.05) is 6.92 Å². The largest absolute Gasteiger partial charge is 0.345 e. The molecular formula is C18H24N6O2. The van der Waals surface area contributed by atoms with Crippen molar-refractivity contribution in [1.82, 2.24) is 29.7 Å². The quantitative estimate of drug-likeness (QED) is 0.879. The first-order valence-corrected chi connectivity index (χ1v) is 8.91. The normalized spacial score (nSPS) is 16.3. The summed E-state index contributed by atoms with van der Waals surface area (Å²) in [6.45, 7) is 7.40. The van der Waals surface area contributed by atoms with Gasteiger partial charge in [-0.3, -0.25) is 19.6 Å². The third-order valence-corrected chi connectivity index (χ3v) is 4.51. The third-order valence-electron chi connectivity index (χ3n) is 4.51. The molecule has 0 unspecified atom stereocenters. The molecule has 2 amide bonds. The van der Waals surface area contributed by atoms with E-state index in [-0.39, 0.29) is 17.9 Å². The SMILES string of the molecule is CCCC(=O)N1CCn2cc(C(=O)NCc3cnc(C)cn3)nc2[C@H]1C. The van der Waals surface area contributed by atoms with E-state index in [9.17, 15) is 9.59 Å². The first-order chi connectivity index (χ1) is 12.5. The Morgan fingerprint density at radius 1 is 1.27 bits per heavy atom. The Balaban J connectivity index is 1.67. The molecular weight excluding hydrogens is 332 g/mol. The van der Waals surface area contributed by atoms with Gasteiger partial charge in [-0.25, -0.2) is 4.98 Å². The number of nitrogens with one attached hydrogen (secondary N) is 1. The van der Waals surface area contributed by atoms with E-state index in [0.717, 1.165) is 17.9 Å². The molecule has 0 spiro atoms. The van der Waals surface area contributed by atoms with Gasteiger partial charge >= 0.3 is 0 Å². The lowest BCUT2D eigenvalue weighted by Crippen LogP contribution is -2.40. The minimum absolute atomic E-state index is 0.132. The van der Waals surface area contributed by atoms with Crippen LogP contribution in [0.3, 0.4) is 0 Å². The Morgan fingerprint density at radius 3 is 2.77 bits per heavy atom. The van der Waals surface area contributed by atoms with Crippen molar-refractivity contribution >= 4 is 11.8 Å². The highest BCUT2D eigenvalue weighted by Crippen LogP contribution is 2.25. The number of nitrogens with zero attached hydrogens (tertiary/aromatic N) is 5. The Bertz CT molecular complexity index is 799. The number of hydrogen-bond acceptors (Lipinski definition) is 5. The first kappa shape index (κ1) is 18.0. The second-order valence-electron chi connectivity index (χ2n) is 6.52. The van der Waals surface area contributed by atoms with Crippen LogP contribution in [0.4, 0.5) is 0 Å². The lowest BCUT2D eigenvalue weighted by atomic mass is 10.2. The van der Waals surface area contributed by atoms with E-state index in [1.54, 1.807) is 18.6 Å². The molecule has 0 aliphatic carbocycles. The molecule has 138 valence electrons. The van der Waals surface area contributed by atoms with Crippen molar-refractivity contribution in [2.75, 3.05) is 6.54 Å². The highest BCUT2D eigenvalue weighted by Gasteiger charge is 2.30. The minimum atomic E-state index is -0.257. The van der Waals surface area contributed by atoms with Gasteiger partial charge in [0, 0.05) is 31.9 Å². The lowest BCUT2D eigenvalue weighted by molar-refractivity contribution is -0.134. The summed E-state index contributed by atoms with van der Waals surface area (Å²) < 4.78 is 1.96. The summed E-state index contributed by atoms with van der Waals surface area (Å²) in [5.41, 5.74) is 1.88. The number of fused-ring (bicyclic) bond motifs is 1. The maximum atomic E-state index is 12.4. The molecule has 1 aliphatic rings. The van der Waals surface area contributed by atoms with Crippen molar-refractivity contribution < 1.29 is 9.59 Å². The molecule has 2 aromatic rings. The van der Waals surface area contributed by atoms with Crippen LogP contribution in [0.15, 0.2) is 18.6 Å². The van der Waals surface area contributed by atoms with Crippen LogP contribution < -0.4 is 5.32 Å². The number of carbonyl (C=O) groups excluding carboxylic acids is 2. The molecule has 0 aromatic carbocycles. The van der Waals surface area contributed by atoms with Gasteiger partial charge in [-0.2, -0.15) is 0 Å². The average molecular weight is 356 g/mol. The van der Waals surface area contributed by atoms with Crippen molar-refractivity contribution in [3.8, 4) is 0 Å². The zero-order chi connectivity index (χ0) is 18.7. The van der Waals surface area contributed by atoms with Crippen molar-refractivity contribution in [2.24, 2.45) is 0 Å². The summed E-state index contributed by atoms with van der Waals surface area (Å²) >= 11 is 0. The molecule has 2 aromatic heterocycles. The fourth-order valence-corrected chi connectivity index (χ4v) is 3.07. The van der Waals surface area contributed by atoms with Gasteiger partial charge in [-0.05, 0) is 20.3 Å². The molecule has 1 atom stereocenters. The van der Waals surface area contributed by atoms with Crippen LogP contribution in [-0.2, 0) is 17.9 Å². The number of aromatic nitrogens is 4. The smallest absolute Gasteiger partial charge is 0.271 e. The summed E-state index contributed by atoms with van der Waals surface area (Å²) in [7, 11) is 0. The number of aryl methyl sites for hydroxylation is 1.